The van der Waals surface area contributed by atoms with E-state index < -0.39 is 11.6 Å². The molecule has 0 amide bonds. The highest BCUT2D eigenvalue weighted by Crippen LogP contribution is 2.38. The first-order valence-corrected chi connectivity index (χ1v) is 7.75. The van der Waals surface area contributed by atoms with Gasteiger partial charge in [0.25, 0.3) is 6.04 Å². The largest absolute Gasteiger partial charge is 0.315 e. The molecule has 1 aromatic carbocycles. The Balaban J connectivity index is 2.18. The maximum atomic E-state index is 11.3. The molecule has 1 aliphatic heterocycles. The molecule has 2 N–H and O–H groups in total. The van der Waals surface area contributed by atoms with Crippen LogP contribution in [0.2, 0.25) is 0 Å². The number of nitro groups is 1. The van der Waals surface area contributed by atoms with Gasteiger partial charge in [-0.2, -0.15) is 0 Å². The Bertz CT molecular complexity index is 535. The number of para-hydroxylation sites is 1. The molecule has 2 atom stereocenters. The van der Waals surface area contributed by atoms with E-state index in [2.05, 4.69) is 4.99 Å². The van der Waals surface area contributed by atoms with E-state index in [1.54, 1.807) is 0 Å². The minimum absolute atomic E-state index is 0.335. The predicted octanol–water partition coefficient (Wildman–Crippen LogP) is 3.39. The molecular weight excluding hydrogens is 290 g/mol. The Kier molecular flexibility index (Phi) is 5.31. The molecule has 21 heavy (non-hydrogen) atoms. The van der Waals surface area contributed by atoms with Crippen LogP contribution >= 0.6 is 11.6 Å². The third kappa shape index (κ3) is 3.41. The molecule has 114 valence electrons. The Hall–Kier alpha value is -1.46. The summed E-state index contributed by atoms with van der Waals surface area (Å²) in [5.74, 6) is 0.654. The number of hydrogen-bond acceptors (Lipinski definition) is 4. The van der Waals surface area contributed by atoms with Gasteiger partial charge < -0.3 is 5.73 Å². The van der Waals surface area contributed by atoms with Gasteiger partial charge in [-0.15, -0.1) is 11.6 Å². The van der Waals surface area contributed by atoms with Crippen LogP contribution in [0, 0.1) is 10.1 Å². The molecular formula is C15H20ClN3O2. The zero-order valence-corrected chi connectivity index (χ0v) is 12.6. The molecule has 5 nitrogen and oxygen atoms in total. The smallest absolute Gasteiger partial charge is 0.269 e. The first-order valence-electron chi connectivity index (χ1n) is 7.21. The molecule has 0 radical (unpaired) electrons. The number of fused-ring (bicyclic) bond motifs is 1. The van der Waals surface area contributed by atoms with Crippen molar-refractivity contribution in [3.8, 4) is 0 Å². The molecule has 2 rings (SSSR count). The maximum Gasteiger partial charge on any atom is 0.269 e. The Morgan fingerprint density at radius 2 is 2.00 bits per heavy atom. The predicted molar refractivity (Wildman–Crippen MR) is 85.0 cm³/mol. The number of rotatable bonds is 7. The number of halogens is 1. The number of alkyl halides is 1. The highest BCUT2D eigenvalue weighted by Gasteiger charge is 2.46. The molecule has 2 unspecified atom stereocenters. The van der Waals surface area contributed by atoms with Crippen LogP contribution in [0.1, 0.15) is 37.7 Å². The van der Waals surface area contributed by atoms with Gasteiger partial charge in [-0.1, -0.05) is 37.5 Å². The van der Waals surface area contributed by atoms with Crippen molar-refractivity contribution in [1.82, 2.24) is 0 Å². The summed E-state index contributed by atoms with van der Waals surface area (Å²) >= 11 is 5.66. The lowest BCUT2D eigenvalue weighted by atomic mass is 9.77. The van der Waals surface area contributed by atoms with Crippen LogP contribution in [-0.2, 0) is 5.54 Å². The zero-order chi connectivity index (χ0) is 15.3. The molecule has 0 saturated carbocycles. The summed E-state index contributed by atoms with van der Waals surface area (Å²) in [7, 11) is 0. The van der Waals surface area contributed by atoms with Gasteiger partial charge in [-0.05, 0) is 18.9 Å². The average Bonchev–Trinajstić information content (AvgIpc) is 2.47. The molecule has 0 bridgehead atoms. The quantitative estimate of drug-likeness (QED) is 0.363. The summed E-state index contributed by atoms with van der Waals surface area (Å²) in [6.45, 7) is 0. The van der Waals surface area contributed by atoms with Gasteiger partial charge in [0, 0.05) is 16.4 Å². The van der Waals surface area contributed by atoms with E-state index in [4.69, 9.17) is 17.3 Å². The van der Waals surface area contributed by atoms with E-state index in [1.165, 1.54) is 6.21 Å². The fourth-order valence-electron chi connectivity index (χ4n) is 2.81. The van der Waals surface area contributed by atoms with Gasteiger partial charge in [0.2, 0.25) is 0 Å². The van der Waals surface area contributed by atoms with Crippen LogP contribution in [0.4, 0.5) is 5.69 Å². The molecule has 6 heteroatoms. The van der Waals surface area contributed by atoms with Crippen LogP contribution in [0.15, 0.2) is 29.3 Å². The highest BCUT2D eigenvalue weighted by atomic mass is 35.5. The minimum atomic E-state index is -0.983. The standard InChI is InChI=1S/C15H20ClN3O2/c16-10-6-2-1-5-9-15(17)12-7-3-4-8-13(12)18-11-14(15)19(20)21/h3-4,7-8,11,14H,1-2,5-6,9-10,17H2. The van der Waals surface area contributed by atoms with Crippen LogP contribution in [0.3, 0.4) is 0 Å². The lowest BCUT2D eigenvalue weighted by molar-refractivity contribution is -0.514. The monoisotopic (exact) mass is 309 g/mol. The normalized spacial score (nSPS) is 23.8. The van der Waals surface area contributed by atoms with Crippen molar-refractivity contribution in [2.24, 2.45) is 10.7 Å². The molecule has 0 aliphatic carbocycles. The van der Waals surface area contributed by atoms with E-state index in [1.807, 2.05) is 24.3 Å². The zero-order valence-electron chi connectivity index (χ0n) is 11.9. The second kappa shape index (κ2) is 7.00. The fraction of sp³-hybridized carbons (Fsp3) is 0.533. The highest BCUT2D eigenvalue weighted by molar-refractivity contribution is 6.17. The van der Waals surface area contributed by atoms with Crippen molar-refractivity contribution in [1.29, 1.82) is 0 Å². The third-order valence-corrected chi connectivity index (χ3v) is 4.26. The minimum Gasteiger partial charge on any atom is -0.315 e. The Morgan fingerprint density at radius 1 is 1.29 bits per heavy atom. The van der Waals surface area contributed by atoms with E-state index in [-0.39, 0.29) is 4.92 Å². The van der Waals surface area contributed by atoms with Crippen molar-refractivity contribution in [3.63, 3.8) is 0 Å². The van der Waals surface area contributed by atoms with Crippen LogP contribution in [0.25, 0.3) is 0 Å². The van der Waals surface area contributed by atoms with E-state index in [9.17, 15) is 10.1 Å². The number of benzene rings is 1. The van der Waals surface area contributed by atoms with Gasteiger partial charge in [0.1, 0.15) is 5.54 Å². The average molecular weight is 310 g/mol. The number of hydrogen-bond donors (Lipinski definition) is 1. The second-order valence-corrected chi connectivity index (χ2v) is 5.80. The van der Waals surface area contributed by atoms with Gasteiger partial charge in [0.05, 0.1) is 11.9 Å². The summed E-state index contributed by atoms with van der Waals surface area (Å²) in [6.07, 6.45) is 5.77. The molecule has 1 aliphatic rings. The first kappa shape index (κ1) is 15.9. The SMILES string of the molecule is NC1(CCCCCCCl)c2ccccc2N=CC1[N+](=O)[O-]. The van der Waals surface area contributed by atoms with E-state index in [0.29, 0.717) is 12.3 Å². The topological polar surface area (TPSA) is 81.5 Å². The van der Waals surface area contributed by atoms with Crippen LogP contribution < -0.4 is 5.73 Å². The molecule has 0 aromatic heterocycles. The number of unbranched alkanes of at least 4 members (excludes halogenated alkanes) is 3. The van der Waals surface area contributed by atoms with Crippen molar-refractivity contribution >= 4 is 23.5 Å². The Labute approximate surface area is 129 Å². The van der Waals surface area contributed by atoms with E-state index >= 15 is 0 Å². The lowest BCUT2D eigenvalue weighted by Gasteiger charge is -2.34. The lowest BCUT2D eigenvalue weighted by Crippen LogP contribution is -2.53. The van der Waals surface area contributed by atoms with Crippen LogP contribution in [-0.4, -0.2) is 23.1 Å². The van der Waals surface area contributed by atoms with E-state index in [0.717, 1.165) is 36.9 Å². The summed E-state index contributed by atoms with van der Waals surface area (Å²) in [4.78, 5) is 15.2. The summed E-state index contributed by atoms with van der Waals surface area (Å²) in [5.41, 5.74) is 6.99. The molecule has 1 heterocycles. The third-order valence-electron chi connectivity index (χ3n) is 3.99. The van der Waals surface area contributed by atoms with Gasteiger partial charge in [-0.3, -0.25) is 15.1 Å². The number of nitrogens with zero attached hydrogens (tertiary/aromatic N) is 2. The number of aliphatic imine (C=N–C) groups is 1. The first-order chi connectivity index (χ1) is 10.1. The Morgan fingerprint density at radius 3 is 2.71 bits per heavy atom. The van der Waals surface area contributed by atoms with Gasteiger partial charge in [-0.25, -0.2) is 0 Å². The van der Waals surface area contributed by atoms with Crippen molar-refractivity contribution in [2.45, 2.75) is 43.7 Å². The maximum absolute atomic E-state index is 11.3. The molecule has 0 spiro atoms. The van der Waals surface area contributed by atoms with Crippen molar-refractivity contribution < 1.29 is 4.92 Å². The molecule has 1 aromatic rings. The van der Waals surface area contributed by atoms with Gasteiger partial charge >= 0.3 is 0 Å². The van der Waals surface area contributed by atoms with Crippen molar-refractivity contribution in [2.75, 3.05) is 5.88 Å². The molecule has 0 fully saturated rings. The summed E-state index contributed by atoms with van der Waals surface area (Å²) in [6, 6.07) is 6.44. The van der Waals surface area contributed by atoms with Gasteiger partial charge in [0.15, 0.2) is 0 Å². The summed E-state index contributed by atoms with van der Waals surface area (Å²) < 4.78 is 0. The van der Waals surface area contributed by atoms with Crippen molar-refractivity contribution in [3.05, 3.63) is 39.9 Å². The number of nitrogens with two attached hydrogens (primary N) is 1. The second-order valence-electron chi connectivity index (χ2n) is 5.42. The summed E-state index contributed by atoms with van der Waals surface area (Å²) in [5, 5.41) is 11.3. The molecule has 0 saturated heterocycles. The fourth-order valence-corrected chi connectivity index (χ4v) is 3.00. The van der Waals surface area contributed by atoms with Crippen LogP contribution in [0.5, 0.6) is 0 Å².